The Hall–Kier alpha value is -4.35. The lowest BCUT2D eigenvalue weighted by molar-refractivity contribution is 0.0855. The van der Waals surface area contributed by atoms with E-state index in [9.17, 15) is 13.3 Å². The molecule has 2 saturated heterocycles. The lowest BCUT2D eigenvalue weighted by atomic mass is 9.99. The van der Waals surface area contributed by atoms with Crippen LogP contribution in [0.15, 0.2) is 60.8 Å². The maximum atomic E-state index is 13.7. The second kappa shape index (κ2) is 17.6. The molecule has 3 aromatic carbocycles. The summed E-state index contributed by atoms with van der Waals surface area (Å²) in [5.41, 5.74) is 6.25. The predicted molar refractivity (Wildman–Crippen MR) is 229 cm³/mol. The number of ether oxygens (including phenoxy) is 1. The number of nitrogens with zero attached hydrogens (tertiary/aromatic N) is 6. The number of benzene rings is 3. The number of piperidine rings is 1. The Balaban J connectivity index is 1.00. The summed E-state index contributed by atoms with van der Waals surface area (Å²) in [6.45, 7) is 14.4. The van der Waals surface area contributed by atoms with Crippen LogP contribution >= 0.6 is 18.7 Å². The first kappa shape index (κ1) is 40.8. The molecule has 0 radical (unpaired) electrons. The van der Waals surface area contributed by atoms with Crippen LogP contribution in [0.25, 0.3) is 10.9 Å². The first-order chi connectivity index (χ1) is 27.4. The minimum atomic E-state index is -2.75. The molecule has 302 valence electrons. The molecule has 7 rings (SSSR count). The molecule has 0 bridgehead atoms. The molecule has 57 heavy (non-hydrogen) atoms. The first-order valence-electron chi connectivity index (χ1n) is 19.8. The average molecular weight is 817 g/mol. The minimum absolute atomic E-state index is 0.327. The van der Waals surface area contributed by atoms with Gasteiger partial charge in [-0.25, -0.2) is 13.8 Å². The van der Waals surface area contributed by atoms with E-state index in [2.05, 4.69) is 56.3 Å². The van der Waals surface area contributed by atoms with Gasteiger partial charge >= 0.3 is 0 Å². The smallest absolute Gasteiger partial charge is 0.229 e. The molecule has 5 aromatic rings. The van der Waals surface area contributed by atoms with Crippen LogP contribution in [0, 0.1) is 11.6 Å². The number of halogens is 3. The molecule has 0 saturated carbocycles. The Morgan fingerprint density at radius 1 is 0.877 bits per heavy atom. The van der Waals surface area contributed by atoms with E-state index in [1.807, 2.05) is 24.3 Å². The highest BCUT2D eigenvalue weighted by molar-refractivity contribution is 7.71. The van der Waals surface area contributed by atoms with Gasteiger partial charge in [-0.05, 0) is 93.0 Å². The molecule has 10 nitrogen and oxygen atoms in total. The summed E-state index contributed by atoms with van der Waals surface area (Å²) in [7, 11) is -1.09. The SMILES string of the molecule is CCc1ccc2c(P(C)(C)=O)c(Nc3nc(Nc4cc(CC)c(N5CCC(N6CCN(CCc7cc(F)cc(F)c7)CC6)CC5)cc4OC)ncc3Cl)ccc2n1. The summed E-state index contributed by atoms with van der Waals surface area (Å²) in [4.78, 5) is 21.5. The van der Waals surface area contributed by atoms with Crippen molar-refractivity contribution in [1.82, 2.24) is 24.8 Å². The fourth-order valence-electron chi connectivity index (χ4n) is 8.20. The van der Waals surface area contributed by atoms with Crippen molar-refractivity contribution in [2.45, 2.75) is 52.0 Å². The van der Waals surface area contributed by atoms with Crippen molar-refractivity contribution in [3.63, 3.8) is 0 Å². The van der Waals surface area contributed by atoms with Gasteiger partial charge in [0.1, 0.15) is 29.5 Å². The molecular weight excluding hydrogens is 765 g/mol. The van der Waals surface area contributed by atoms with Crippen molar-refractivity contribution in [3.05, 3.63) is 94.3 Å². The summed E-state index contributed by atoms with van der Waals surface area (Å²) < 4.78 is 46.8. The molecule has 0 spiro atoms. The van der Waals surface area contributed by atoms with Crippen LogP contribution in [-0.4, -0.2) is 97.0 Å². The number of anilines is 5. The molecule has 0 aliphatic carbocycles. The molecule has 2 aliphatic heterocycles. The van der Waals surface area contributed by atoms with E-state index in [0.717, 1.165) is 99.8 Å². The van der Waals surface area contributed by atoms with E-state index in [0.29, 0.717) is 51.6 Å². The molecule has 4 heterocycles. The van der Waals surface area contributed by atoms with Crippen LogP contribution in [0.2, 0.25) is 5.02 Å². The molecule has 2 fully saturated rings. The van der Waals surface area contributed by atoms with Crippen molar-refractivity contribution in [3.8, 4) is 5.75 Å². The predicted octanol–water partition coefficient (Wildman–Crippen LogP) is 8.65. The zero-order valence-corrected chi connectivity index (χ0v) is 35.1. The summed E-state index contributed by atoms with van der Waals surface area (Å²) in [6, 6.07) is 16.3. The number of piperazine rings is 1. The van der Waals surface area contributed by atoms with Gasteiger partial charge in [-0.15, -0.1) is 0 Å². The summed E-state index contributed by atoms with van der Waals surface area (Å²) in [5, 5.41) is 8.59. The molecule has 0 unspecified atom stereocenters. The maximum absolute atomic E-state index is 13.7. The molecule has 0 amide bonds. The number of hydrogen-bond acceptors (Lipinski definition) is 10. The van der Waals surface area contributed by atoms with Gasteiger partial charge in [-0.1, -0.05) is 31.5 Å². The second-order valence-corrected chi connectivity index (χ2v) is 18.9. The fraction of sp³-hybridized carbons (Fsp3) is 0.419. The molecule has 2 N–H and O–H groups in total. The van der Waals surface area contributed by atoms with Crippen LogP contribution in [-0.2, 0) is 23.8 Å². The third kappa shape index (κ3) is 9.52. The van der Waals surface area contributed by atoms with E-state index < -0.39 is 18.8 Å². The van der Waals surface area contributed by atoms with Crippen molar-refractivity contribution in [2.75, 3.05) is 81.8 Å². The van der Waals surface area contributed by atoms with Crippen molar-refractivity contribution < 1.29 is 18.1 Å². The average Bonchev–Trinajstić information content (AvgIpc) is 3.20. The summed E-state index contributed by atoms with van der Waals surface area (Å²) in [5.74, 6) is 0.377. The van der Waals surface area contributed by atoms with Gasteiger partial charge in [0.05, 0.1) is 30.2 Å². The summed E-state index contributed by atoms with van der Waals surface area (Å²) in [6.07, 6.45) is 5.98. The normalized spacial score (nSPS) is 16.0. The molecule has 0 atom stereocenters. The quantitative estimate of drug-likeness (QED) is 0.112. The topological polar surface area (TPSA) is 98.8 Å². The van der Waals surface area contributed by atoms with E-state index in [4.69, 9.17) is 26.3 Å². The number of methoxy groups -OCH3 is 1. The molecule has 2 aliphatic rings. The summed E-state index contributed by atoms with van der Waals surface area (Å²) >= 11 is 6.64. The highest BCUT2D eigenvalue weighted by Gasteiger charge is 2.29. The Morgan fingerprint density at radius 2 is 1.61 bits per heavy atom. The number of nitrogens with one attached hydrogen (secondary N) is 2. The zero-order valence-electron chi connectivity index (χ0n) is 33.4. The van der Waals surface area contributed by atoms with Crippen LogP contribution in [0.5, 0.6) is 5.75 Å². The first-order valence-corrected chi connectivity index (χ1v) is 22.8. The van der Waals surface area contributed by atoms with Gasteiger partial charge in [-0.3, -0.25) is 9.88 Å². The largest absolute Gasteiger partial charge is 0.494 e. The fourth-order valence-corrected chi connectivity index (χ4v) is 9.81. The van der Waals surface area contributed by atoms with E-state index in [-0.39, 0.29) is 0 Å². The van der Waals surface area contributed by atoms with Crippen molar-refractivity contribution in [2.24, 2.45) is 0 Å². The van der Waals surface area contributed by atoms with E-state index >= 15 is 0 Å². The standard InChI is InChI=1S/C43H52ClF2N8O2P/c1-6-29-24-38(50-43-47-27-35(44)42(51-43)49-37-11-10-36-34(41(37)57(4,5)55)9-8-32(7-2)48-36)40(56-3)26-39(29)54-16-13-33(14-17-54)53-20-18-52(19-21-53)15-12-28-22-30(45)25-31(46)23-28/h8-11,22-27,33H,6-7,12-21H2,1-5H3,(H2,47,49,50,51). The lowest BCUT2D eigenvalue weighted by Crippen LogP contribution is -2.53. The highest BCUT2D eigenvalue weighted by Crippen LogP contribution is 2.42. The van der Waals surface area contributed by atoms with E-state index in [1.165, 1.54) is 23.4 Å². The van der Waals surface area contributed by atoms with Gasteiger partial charge in [-0.2, -0.15) is 4.98 Å². The zero-order chi connectivity index (χ0) is 40.3. The Kier molecular flexibility index (Phi) is 12.6. The van der Waals surface area contributed by atoms with Crippen molar-refractivity contribution >= 4 is 63.8 Å². The molecule has 2 aromatic heterocycles. The van der Waals surface area contributed by atoms with Gasteiger partial charge in [0.25, 0.3) is 0 Å². The highest BCUT2D eigenvalue weighted by atomic mass is 35.5. The van der Waals surface area contributed by atoms with Crippen LogP contribution in [0.3, 0.4) is 0 Å². The van der Waals surface area contributed by atoms with Gasteiger partial charge < -0.3 is 29.7 Å². The van der Waals surface area contributed by atoms with Crippen molar-refractivity contribution in [1.29, 1.82) is 0 Å². The number of hydrogen-bond donors (Lipinski definition) is 2. The Labute approximate surface area is 339 Å². The minimum Gasteiger partial charge on any atom is -0.494 e. The Morgan fingerprint density at radius 3 is 2.28 bits per heavy atom. The molecular formula is C43H52ClF2N8O2P. The van der Waals surface area contributed by atoms with E-state index in [1.54, 1.807) is 26.6 Å². The number of pyridine rings is 1. The number of rotatable bonds is 13. The van der Waals surface area contributed by atoms with Crippen LogP contribution in [0.4, 0.5) is 37.6 Å². The van der Waals surface area contributed by atoms with Gasteiger partial charge in [0, 0.05) is 86.1 Å². The second-order valence-electron chi connectivity index (χ2n) is 15.3. The van der Waals surface area contributed by atoms with Gasteiger partial charge in [0.2, 0.25) is 5.95 Å². The number of fused-ring (bicyclic) bond motifs is 1. The number of aromatic nitrogens is 3. The third-order valence-electron chi connectivity index (χ3n) is 11.2. The third-order valence-corrected chi connectivity index (χ3v) is 13.0. The van der Waals surface area contributed by atoms with Gasteiger partial charge in [0.15, 0.2) is 5.82 Å². The Bertz CT molecular complexity index is 2250. The van der Waals surface area contributed by atoms with Crippen LogP contribution in [0.1, 0.15) is 43.5 Å². The monoisotopic (exact) mass is 816 g/mol. The van der Waals surface area contributed by atoms with Crippen LogP contribution < -0.4 is 25.6 Å². The number of aryl methyl sites for hydroxylation is 2. The maximum Gasteiger partial charge on any atom is 0.229 e. The lowest BCUT2D eigenvalue weighted by Gasteiger charge is -2.43. The molecule has 14 heteroatoms.